The average Bonchev–Trinajstić information content (AvgIpc) is 3.03. The molecule has 4 N–H and O–H groups in total. The first-order valence-electron chi connectivity index (χ1n) is 12.1. The predicted molar refractivity (Wildman–Crippen MR) is 133 cm³/mol. The summed E-state index contributed by atoms with van der Waals surface area (Å²) < 4.78 is 29.9. The van der Waals surface area contributed by atoms with Gasteiger partial charge in [0.1, 0.15) is 11.8 Å². The number of aliphatic hydroxyl groups is 1. The van der Waals surface area contributed by atoms with E-state index in [2.05, 4.69) is 10.6 Å². The van der Waals surface area contributed by atoms with E-state index in [1.807, 2.05) is 0 Å². The standard InChI is InChI=1S/C27H33F2N3O5/c1-5-30-24(36)22-26(3,4)27(28,29)15-32(22)25(37)21(34)19(14-17-10-7-6-8-11-17)31-23(35)18-12-9-13-20(33)16(18)2/h6-13,19,21-22,33-34H,5,14-15H2,1-4H3,(H,30,36)(H,31,35). The van der Waals surface area contributed by atoms with Crippen LogP contribution in [-0.4, -0.2) is 70.0 Å². The van der Waals surface area contributed by atoms with Gasteiger partial charge in [0, 0.05) is 17.7 Å². The molecular weight excluding hydrogens is 484 g/mol. The van der Waals surface area contributed by atoms with Crippen LogP contribution >= 0.6 is 0 Å². The Labute approximate surface area is 214 Å². The summed E-state index contributed by atoms with van der Waals surface area (Å²) in [4.78, 5) is 40.0. The number of phenols is 1. The molecule has 0 bridgehead atoms. The van der Waals surface area contributed by atoms with Crippen molar-refractivity contribution in [2.45, 2.75) is 58.2 Å². The largest absolute Gasteiger partial charge is 0.508 e. The van der Waals surface area contributed by atoms with Gasteiger partial charge in [-0.25, -0.2) is 8.78 Å². The van der Waals surface area contributed by atoms with Crippen LogP contribution < -0.4 is 10.6 Å². The van der Waals surface area contributed by atoms with E-state index in [9.17, 15) is 33.4 Å². The molecule has 0 radical (unpaired) electrons. The van der Waals surface area contributed by atoms with Crippen molar-refractivity contribution >= 4 is 17.7 Å². The number of nitrogens with one attached hydrogen (secondary N) is 2. The van der Waals surface area contributed by atoms with E-state index >= 15 is 0 Å². The summed E-state index contributed by atoms with van der Waals surface area (Å²) in [5, 5.41) is 26.3. The molecule has 0 saturated carbocycles. The number of carbonyl (C=O) groups excluding carboxylic acids is 3. The highest BCUT2D eigenvalue weighted by atomic mass is 19.3. The number of aliphatic hydroxyl groups excluding tert-OH is 1. The molecule has 10 heteroatoms. The van der Waals surface area contributed by atoms with E-state index in [-0.39, 0.29) is 24.3 Å². The number of hydrogen-bond acceptors (Lipinski definition) is 5. The second kappa shape index (κ2) is 10.8. The molecule has 37 heavy (non-hydrogen) atoms. The number of carbonyl (C=O) groups is 3. The van der Waals surface area contributed by atoms with Crippen LogP contribution in [0.4, 0.5) is 8.78 Å². The molecule has 8 nitrogen and oxygen atoms in total. The van der Waals surface area contributed by atoms with E-state index < -0.39 is 53.8 Å². The van der Waals surface area contributed by atoms with Crippen molar-refractivity contribution in [2.75, 3.05) is 13.1 Å². The fourth-order valence-electron chi connectivity index (χ4n) is 4.61. The lowest BCUT2D eigenvalue weighted by Crippen LogP contribution is -2.57. The maximum atomic E-state index is 15.0. The predicted octanol–water partition coefficient (Wildman–Crippen LogP) is 2.41. The molecule has 1 aliphatic rings. The molecule has 2 aromatic carbocycles. The SMILES string of the molecule is CCNC(=O)C1N(C(=O)C(O)C(Cc2ccccc2)NC(=O)c2cccc(O)c2C)CC(F)(F)C1(C)C. The number of hydrogen-bond donors (Lipinski definition) is 4. The molecule has 0 spiro atoms. The van der Waals surface area contributed by atoms with Gasteiger partial charge in [0.2, 0.25) is 5.91 Å². The molecule has 1 aliphatic heterocycles. The van der Waals surface area contributed by atoms with Gasteiger partial charge in [-0.05, 0) is 38.0 Å². The second-order valence-corrected chi connectivity index (χ2v) is 9.85. The summed E-state index contributed by atoms with van der Waals surface area (Å²) >= 11 is 0. The van der Waals surface area contributed by atoms with Gasteiger partial charge < -0.3 is 25.7 Å². The number of phenolic OH excluding ortho intramolecular Hbond substituents is 1. The number of alkyl halides is 2. The number of rotatable bonds is 8. The quantitative estimate of drug-likeness (QED) is 0.429. The summed E-state index contributed by atoms with van der Waals surface area (Å²) in [7, 11) is 0. The monoisotopic (exact) mass is 517 g/mol. The van der Waals surface area contributed by atoms with Crippen LogP contribution in [0.15, 0.2) is 48.5 Å². The van der Waals surface area contributed by atoms with E-state index in [0.29, 0.717) is 16.0 Å². The highest BCUT2D eigenvalue weighted by molar-refractivity contribution is 5.97. The zero-order valence-corrected chi connectivity index (χ0v) is 21.3. The lowest BCUT2D eigenvalue weighted by Gasteiger charge is -2.34. The highest BCUT2D eigenvalue weighted by Crippen LogP contribution is 2.48. The van der Waals surface area contributed by atoms with E-state index in [4.69, 9.17) is 0 Å². The van der Waals surface area contributed by atoms with Gasteiger partial charge in [-0.3, -0.25) is 14.4 Å². The zero-order valence-electron chi connectivity index (χ0n) is 21.3. The lowest BCUT2D eigenvalue weighted by molar-refractivity contribution is -0.148. The number of benzene rings is 2. The summed E-state index contributed by atoms with van der Waals surface area (Å²) in [5.74, 6) is -5.99. The van der Waals surface area contributed by atoms with E-state index in [1.165, 1.54) is 32.0 Å². The van der Waals surface area contributed by atoms with Gasteiger partial charge in [0.15, 0.2) is 6.10 Å². The van der Waals surface area contributed by atoms with Gasteiger partial charge in [-0.1, -0.05) is 50.2 Å². The molecule has 1 fully saturated rings. The molecule has 0 aliphatic carbocycles. The molecule has 3 amide bonds. The van der Waals surface area contributed by atoms with Crippen molar-refractivity contribution in [1.82, 2.24) is 15.5 Å². The van der Waals surface area contributed by atoms with Crippen molar-refractivity contribution in [2.24, 2.45) is 5.41 Å². The first-order chi connectivity index (χ1) is 17.3. The highest BCUT2D eigenvalue weighted by Gasteiger charge is 2.64. The van der Waals surface area contributed by atoms with Gasteiger partial charge in [0.25, 0.3) is 17.7 Å². The summed E-state index contributed by atoms with van der Waals surface area (Å²) in [6, 6.07) is 10.4. The van der Waals surface area contributed by atoms with Crippen LogP contribution in [-0.2, 0) is 16.0 Å². The van der Waals surface area contributed by atoms with Crippen LogP contribution in [0.2, 0.25) is 0 Å². The Bertz CT molecular complexity index is 1160. The van der Waals surface area contributed by atoms with Crippen molar-refractivity contribution < 1.29 is 33.4 Å². The molecule has 1 saturated heterocycles. The fraction of sp³-hybridized carbons (Fsp3) is 0.444. The molecule has 3 rings (SSSR count). The lowest BCUT2D eigenvalue weighted by atomic mass is 9.81. The molecule has 1 heterocycles. The number of nitrogens with zero attached hydrogens (tertiary/aromatic N) is 1. The van der Waals surface area contributed by atoms with Crippen LogP contribution in [0.1, 0.15) is 42.3 Å². The van der Waals surface area contributed by atoms with Gasteiger partial charge in [-0.15, -0.1) is 0 Å². The zero-order chi connectivity index (χ0) is 27.5. The Balaban J connectivity index is 1.95. The first-order valence-corrected chi connectivity index (χ1v) is 12.1. The van der Waals surface area contributed by atoms with E-state index in [1.54, 1.807) is 44.2 Å². The topological polar surface area (TPSA) is 119 Å². The minimum Gasteiger partial charge on any atom is -0.508 e. The number of amides is 3. The molecular formula is C27H33F2N3O5. The van der Waals surface area contributed by atoms with Crippen LogP contribution in [0.25, 0.3) is 0 Å². The smallest absolute Gasteiger partial charge is 0.272 e. The molecule has 2 aromatic rings. The molecule has 3 unspecified atom stereocenters. The summed E-state index contributed by atoms with van der Waals surface area (Å²) in [5.41, 5.74) is -0.777. The Kier molecular flexibility index (Phi) is 8.22. The minimum absolute atomic E-state index is 0.0107. The second-order valence-electron chi connectivity index (χ2n) is 9.85. The average molecular weight is 518 g/mol. The molecule has 3 atom stereocenters. The van der Waals surface area contributed by atoms with Gasteiger partial charge >= 0.3 is 0 Å². The number of halogens is 2. The number of likely N-dealkylation sites (N-methyl/N-ethyl adjacent to an activating group) is 1. The van der Waals surface area contributed by atoms with Crippen molar-refractivity contribution in [1.29, 1.82) is 0 Å². The third kappa shape index (κ3) is 5.58. The van der Waals surface area contributed by atoms with Gasteiger partial charge in [-0.2, -0.15) is 0 Å². The van der Waals surface area contributed by atoms with E-state index in [0.717, 1.165) is 0 Å². The Morgan fingerprint density at radius 1 is 1.11 bits per heavy atom. The van der Waals surface area contributed by atoms with Crippen LogP contribution in [0.3, 0.4) is 0 Å². The molecule has 200 valence electrons. The first kappa shape index (κ1) is 28.0. The Morgan fingerprint density at radius 2 is 1.76 bits per heavy atom. The fourth-order valence-corrected chi connectivity index (χ4v) is 4.61. The summed E-state index contributed by atoms with van der Waals surface area (Å²) in [6.07, 6.45) is -1.92. The van der Waals surface area contributed by atoms with Crippen LogP contribution in [0.5, 0.6) is 5.75 Å². The van der Waals surface area contributed by atoms with Crippen molar-refractivity contribution in [3.05, 3.63) is 65.2 Å². The normalized spacial score (nSPS) is 19.6. The Morgan fingerprint density at radius 3 is 2.38 bits per heavy atom. The van der Waals surface area contributed by atoms with Crippen molar-refractivity contribution in [3.63, 3.8) is 0 Å². The number of aromatic hydroxyl groups is 1. The third-order valence-electron chi connectivity index (χ3n) is 6.99. The third-order valence-corrected chi connectivity index (χ3v) is 6.99. The number of likely N-dealkylation sites (tertiary alicyclic amines) is 1. The van der Waals surface area contributed by atoms with Crippen LogP contribution in [0, 0.1) is 12.3 Å². The van der Waals surface area contributed by atoms with Crippen molar-refractivity contribution in [3.8, 4) is 5.75 Å². The maximum Gasteiger partial charge on any atom is 0.272 e. The maximum absolute atomic E-state index is 15.0. The Hall–Kier alpha value is -3.53. The summed E-state index contributed by atoms with van der Waals surface area (Å²) in [6.45, 7) is 4.73. The minimum atomic E-state index is -3.39. The van der Waals surface area contributed by atoms with Gasteiger partial charge in [0.05, 0.1) is 18.0 Å². The molecule has 0 aromatic heterocycles.